The maximum Gasteiger partial charge on any atom is 0.410 e. The highest BCUT2D eigenvalue weighted by Gasteiger charge is 2.28. The number of aromatic nitrogens is 3. The number of halogens is 1. The standard InChI is InChI=1S/C19H24BrN5O3/c1-19(2,3)28-18(27)24-10-8-23(9-11-24)15(26)12-25-13-22-17(20)16(25)14-4-6-21-7-5-14/h4-7,13H,8-12H2,1-3H3. The van der Waals surface area contributed by atoms with Crippen LogP contribution in [0.3, 0.4) is 0 Å². The van der Waals surface area contributed by atoms with Gasteiger partial charge < -0.3 is 19.1 Å². The molecule has 0 saturated carbocycles. The Morgan fingerprint density at radius 3 is 2.32 bits per heavy atom. The number of amides is 2. The number of carbonyl (C=O) groups excluding carboxylic acids is 2. The van der Waals surface area contributed by atoms with Crippen molar-refractivity contribution in [3.63, 3.8) is 0 Å². The average molecular weight is 450 g/mol. The van der Waals surface area contributed by atoms with Gasteiger partial charge >= 0.3 is 6.09 Å². The summed E-state index contributed by atoms with van der Waals surface area (Å²) in [6, 6.07) is 3.75. The quantitative estimate of drug-likeness (QED) is 0.719. The molecule has 0 bridgehead atoms. The Hall–Kier alpha value is -2.42. The van der Waals surface area contributed by atoms with Crippen LogP contribution in [0.5, 0.6) is 0 Å². The van der Waals surface area contributed by atoms with Gasteiger partial charge in [-0.2, -0.15) is 0 Å². The highest BCUT2D eigenvalue weighted by Crippen LogP contribution is 2.27. The van der Waals surface area contributed by atoms with Crippen molar-refractivity contribution < 1.29 is 14.3 Å². The van der Waals surface area contributed by atoms with Crippen LogP contribution in [0.25, 0.3) is 11.3 Å². The van der Waals surface area contributed by atoms with E-state index >= 15 is 0 Å². The molecule has 0 N–H and O–H groups in total. The van der Waals surface area contributed by atoms with Crippen molar-refractivity contribution in [1.82, 2.24) is 24.3 Å². The number of hydrogen-bond donors (Lipinski definition) is 0. The normalized spacial score (nSPS) is 14.9. The number of ether oxygens (including phenoxy) is 1. The van der Waals surface area contributed by atoms with E-state index in [-0.39, 0.29) is 18.5 Å². The third-order valence-electron chi connectivity index (χ3n) is 4.34. The topological polar surface area (TPSA) is 80.6 Å². The molecule has 1 saturated heterocycles. The van der Waals surface area contributed by atoms with Gasteiger partial charge in [0.1, 0.15) is 16.7 Å². The molecule has 0 aliphatic carbocycles. The van der Waals surface area contributed by atoms with Crippen molar-refractivity contribution in [3.05, 3.63) is 35.5 Å². The van der Waals surface area contributed by atoms with Crippen LogP contribution < -0.4 is 0 Å². The molecule has 1 fully saturated rings. The van der Waals surface area contributed by atoms with Crippen molar-refractivity contribution >= 4 is 27.9 Å². The van der Waals surface area contributed by atoms with E-state index in [1.54, 1.807) is 28.5 Å². The fourth-order valence-electron chi connectivity index (χ4n) is 2.98. The second-order valence-electron chi connectivity index (χ2n) is 7.60. The molecule has 28 heavy (non-hydrogen) atoms. The Bertz CT molecular complexity index is 839. The van der Waals surface area contributed by atoms with Crippen LogP contribution in [0.15, 0.2) is 35.5 Å². The first-order valence-electron chi connectivity index (χ1n) is 9.11. The van der Waals surface area contributed by atoms with Gasteiger partial charge in [0.15, 0.2) is 0 Å². The van der Waals surface area contributed by atoms with E-state index in [0.29, 0.717) is 30.8 Å². The van der Waals surface area contributed by atoms with Crippen molar-refractivity contribution in [2.75, 3.05) is 26.2 Å². The lowest BCUT2D eigenvalue weighted by Crippen LogP contribution is -2.52. The first kappa shape index (κ1) is 20.3. The van der Waals surface area contributed by atoms with Crippen LogP contribution in [0.1, 0.15) is 20.8 Å². The fourth-order valence-corrected chi connectivity index (χ4v) is 3.53. The molecule has 2 aromatic heterocycles. The number of rotatable bonds is 3. The Labute approximate surface area is 172 Å². The minimum Gasteiger partial charge on any atom is -0.444 e. The van der Waals surface area contributed by atoms with Crippen LogP contribution in [0.2, 0.25) is 0 Å². The summed E-state index contributed by atoms with van der Waals surface area (Å²) in [5.74, 6) is -0.0101. The molecule has 3 rings (SSSR count). The lowest BCUT2D eigenvalue weighted by atomic mass is 10.2. The van der Waals surface area contributed by atoms with E-state index < -0.39 is 5.60 Å². The molecule has 0 radical (unpaired) electrons. The lowest BCUT2D eigenvalue weighted by molar-refractivity contribution is -0.133. The fraction of sp³-hybridized carbons (Fsp3) is 0.474. The minimum atomic E-state index is -0.526. The van der Waals surface area contributed by atoms with E-state index in [1.165, 1.54) is 0 Å². The van der Waals surface area contributed by atoms with Gasteiger partial charge in [-0.1, -0.05) is 0 Å². The summed E-state index contributed by atoms with van der Waals surface area (Å²) in [7, 11) is 0. The van der Waals surface area contributed by atoms with Gasteiger partial charge in [-0.05, 0) is 48.8 Å². The molecule has 0 spiro atoms. The zero-order valence-electron chi connectivity index (χ0n) is 16.3. The number of nitrogens with zero attached hydrogens (tertiary/aromatic N) is 5. The van der Waals surface area contributed by atoms with Gasteiger partial charge in [-0.25, -0.2) is 9.78 Å². The van der Waals surface area contributed by atoms with Gasteiger partial charge in [-0.15, -0.1) is 0 Å². The van der Waals surface area contributed by atoms with Crippen LogP contribution in [-0.4, -0.2) is 68.1 Å². The van der Waals surface area contributed by atoms with Crippen molar-refractivity contribution in [2.24, 2.45) is 0 Å². The molecule has 1 aliphatic heterocycles. The summed E-state index contributed by atoms with van der Waals surface area (Å²) < 4.78 is 7.90. The van der Waals surface area contributed by atoms with Gasteiger partial charge in [0.05, 0.1) is 12.0 Å². The molecule has 1 aliphatic rings. The molecule has 0 aromatic carbocycles. The highest BCUT2D eigenvalue weighted by molar-refractivity contribution is 9.10. The van der Waals surface area contributed by atoms with Gasteiger partial charge in [0.2, 0.25) is 5.91 Å². The van der Waals surface area contributed by atoms with Crippen molar-refractivity contribution in [1.29, 1.82) is 0 Å². The number of piperazine rings is 1. The molecule has 3 heterocycles. The van der Waals surface area contributed by atoms with Crippen LogP contribution in [0, 0.1) is 0 Å². The van der Waals surface area contributed by atoms with Crippen LogP contribution in [-0.2, 0) is 16.1 Å². The molecular formula is C19H24BrN5O3. The molecule has 0 atom stereocenters. The maximum absolute atomic E-state index is 12.8. The van der Waals surface area contributed by atoms with Gasteiger partial charge in [-0.3, -0.25) is 9.78 Å². The Morgan fingerprint density at radius 1 is 1.11 bits per heavy atom. The molecule has 0 unspecified atom stereocenters. The third kappa shape index (κ3) is 4.89. The number of imidazole rings is 1. The number of hydrogen-bond acceptors (Lipinski definition) is 5. The Balaban J connectivity index is 1.61. The summed E-state index contributed by atoms with van der Waals surface area (Å²) >= 11 is 3.45. The van der Waals surface area contributed by atoms with Crippen LogP contribution >= 0.6 is 15.9 Å². The third-order valence-corrected chi connectivity index (χ3v) is 4.92. The monoisotopic (exact) mass is 449 g/mol. The second-order valence-corrected chi connectivity index (χ2v) is 8.35. The average Bonchev–Trinajstić information content (AvgIpc) is 3.01. The van der Waals surface area contributed by atoms with Crippen molar-refractivity contribution in [3.8, 4) is 11.3 Å². The summed E-state index contributed by atoms with van der Waals surface area (Å²) in [5.41, 5.74) is 1.24. The van der Waals surface area contributed by atoms with E-state index in [9.17, 15) is 9.59 Å². The molecule has 9 heteroatoms. The van der Waals surface area contributed by atoms with E-state index in [0.717, 1.165) is 11.3 Å². The molecule has 8 nitrogen and oxygen atoms in total. The van der Waals surface area contributed by atoms with E-state index in [4.69, 9.17) is 4.74 Å². The first-order valence-corrected chi connectivity index (χ1v) is 9.90. The van der Waals surface area contributed by atoms with E-state index in [1.807, 2.05) is 37.5 Å². The maximum atomic E-state index is 12.8. The molecule has 2 aromatic rings. The van der Waals surface area contributed by atoms with Gasteiger partial charge in [0, 0.05) is 44.1 Å². The Kier molecular flexibility index (Phi) is 6.02. The van der Waals surface area contributed by atoms with Gasteiger partial charge in [0.25, 0.3) is 0 Å². The summed E-state index contributed by atoms with van der Waals surface area (Å²) in [4.78, 5) is 36.7. The number of carbonyl (C=O) groups is 2. The zero-order chi connectivity index (χ0) is 20.3. The SMILES string of the molecule is CC(C)(C)OC(=O)N1CCN(C(=O)Cn2cnc(Br)c2-c2ccncc2)CC1. The zero-order valence-corrected chi connectivity index (χ0v) is 17.8. The van der Waals surface area contributed by atoms with Crippen LogP contribution in [0.4, 0.5) is 4.79 Å². The van der Waals surface area contributed by atoms with Crippen molar-refractivity contribution in [2.45, 2.75) is 32.9 Å². The van der Waals surface area contributed by atoms with E-state index in [2.05, 4.69) is 25.9 Å². The predicted molar refractivity (Wildman–Crippen MR) is 108 cm³/mol. The minimum absolute atomic E-state index is 0.0101. The first-order chi connectivity index (χ1) is 13.2. The lowest BCUT2D eigenvalue weighted by Gasteiger charge is -2.35. The second kappa shape index (κ2) is 8.30. The summed E-state index contributed by atoms with van der Waals surface area (Å²) in [5, 5.41) is 0. The smallest absolute Gasteiger partial charge is 0.410 e. The highest BCUT2D eigenvalue weighted by atomic mass is 79.9. The molecule has 150 valence electrons. The summed E-state index contributed by atoms with van der Waals surface area (Å²) in [6.07, 6.45) is 4.72. The largest absolute Gasteiger partial charge is 0.444 e. The Morgan fingerprint density at radius 2 is 1.71 bits per heavy atom. The number of pyridine rings is 1. The molecular weight excluding hydrogens is 426 g/mol. The predicted octanol–water partition coefficient (Wildman–Crippen LogP) is 2.79. The molecule has 2 amide bonds. The summed E-state index contributed by atoms with van der Waals surface area (Å²) in [6.45, 7) is 7.60.